The number of nitrogens with zero attached hydrogens (tertiary/aromatic N) is 1. The molecule has 0 aromatic heterocycles. The van der Waals surface area contributed by atoms with E-state index in [0.717, 1.165) is 12.5 Å². The van der Waals surface area contributed by atoms with Crippen molar-refractivity contribution in [2.75, 3.05) is 26.7 Å². The summed E-state index contributed by atoms with van der Waals surface area (Å²) in [7, 11) is 2.23. The van der Waals surface area contributed by atoms with Gasteiger partial charge in [0, 0.05) is 6.04 Å². The Labute approximate surface area is 118 Å². The van der Waals surface area contributed by atoms with Gasteiger partial charge in [0.2, 0.25) is 0 Å². The second-order valence-corrected chi connectivity index (χ2v) is 6.13. The number of hydrogen-bond acceptors (Lipinski definition) is 2. The van der Waals surface area contributed by atoms with Gasteiger partial charge >= 0.3 is 0 Å². The molecule has 2 nitrogen and oxygen atoms in total. The third kappa shape index (κ3) is 4.63. The van der Waals surface area contributed by atoms with Gasteiger partial charge < -0.3 is 10.2 Å². The Balaban J connectivity index is 1.70. The monoisotopic (exact) mass is 260 g/mol. The summed E-state index contributed by atoms with van der Waals surface area (Å²) in [6, 6.07) is 9.29. The number of piperidine rings is 1. The summed E-state index contributed by atoms with van der Waals surface area (Å²) < 4.78 is 0. The summed E-state index contributed by atoms with van der Waals surface area (Å²) in [4.78, 5) is 2.44. The first-order chi connectivity index (χ1) is 9.15. The van der Waals surface area contributed by atoms with Crippen LogP contribution in [0.5, 0.6) is 0 Å². The van der Waals surface area contributed by atoms with Crippen LogP contribution in [0, 0.1) is 12.8 Å². The van der Waals surface area contributed by atoms with Gasteiger partial charge in [-0.1, -0.05) is 29.8 Å². The van der Waals surface area contributed by atoms with Crippen molar-refractivity contribution in [3.8, 4) is 0 Å². The van der Waals surface area contributed by atoms with E-state index in [-0.39, 0.29) is 0 Å². The van der Waals surface area contributed by atoms with Crippen LogP contribution in [0.3, 0.4) is 0 Å². The molecule has 0 aliphatic carbocycles. The van der Waals surface area contributed by atoms with Gasteiger partial charge in [-0.25, -0.2) is 0 Å². The Hall–Kier alpha value is -0.860. The number of hydrogen-bond donors (Lipinski definition) is 1. The third-order valence-electron chi connectivity index (χ3n) is 4.38. The highest BCUT2D eigenvalue weighted by Gasteiger charge is 2.16. The van der Waals surface area contributed by atoms with Crippen LogP contribution < -0.4 is 5.32 Å². The van der Waals surface area contributed by atoms with Crippen LogP contribution in [0.15, 0.2) is 24.3 Å². The van der Waals surface area contributed by atoms with Crippen LogP contribution in [-0.4, -0.2) is 31.6 Å². The molecule has 1 saturated heterocycles. The maximum Gasteiger partial charge on any atom is 0.0291 e. The fourth-order valence-electron chi connectivity index (χ4n) is 2.91. The molecule has 1 aromatic rings. The minimum atomic E-state index is 0.464. The number of rotatable bonds is 5. The van der Waals surface area contributed by atoms with E-state index in [1.165, 1.54) is 43.5 Å². The normalized spacial score (nSPS) is 19.5. The highest BCUT2D eigenvalue weighted by Crippen LogP contribution is 2.20. The first-order valence-corrected chi connectivity index (χ1v) is 7.63. The largest absolute Gasteiger partial charge is 0.310 e. The molecular weight excluding hydrogens is 232 g/mol. The quantitative estimate of drug-likeness (QED) is 0.873. The van der Waals surface area contributed by atoms with E-state index in [1.54, 1.807) is 0 Å². The summed E-state index contributed by atoms with van der Waals surface area (Å²) in [6.45, 7) is 8.12. The van der Waals surface area contributed by atoms with Crippen LogP contribution in [0.25, 0.3) is 0 Å². The molecule has 1 aliphatic rings. The molecule has 2 rings (SSSR count). The highest BCUT2D eigenvalue weighted by atomic mass is 15.1. The smallest absolute Gasteiger partial charge is 0.0291 e. The van der Waals surface area contributed by atoms with E-state index < -0.39 is 0 Å². The molecule has 2 heteroatoms. The molecule has 0 saturated carbocycles. The van der Waals surface area contributed by atoms with E-state index in [4.69, 9.17) is 0 Å². The van der Waals surface area contributed by atoms with Crippen LogP contribution in [0.2, 0.25) is 0 Å². The average Bonchev–Trinajstić information content (AvgIpc) is 2.41. The van der Waals surface area contributed by atoms with Crippen molar-refractivity contribution in [2.24, 2.45) is 5.92 Å². The second kappa shape index (κ2) is 7.06. The third-order valence-corrected chi connectivity index (χ3v) is 4.38. The summed E-state index contributed by atoms with van der Waals surface area (Å²) in [6.07, 6.45) is 4.07. The molecule has 1 N–H and O–H groups in total. The topological polar surface area (TPSA) is 15.3 Å². The molecule has 19 heavy (non-hydrogen) atoms. The van der Waals surface area contributed by atoms with Crippen LogP contribution in [0.1, 0.15) is 43.4 Å². The van der Waals surface area contributed by atoms with Gasteiger partial charge in [0.1, 0.15) is 0 Å². The Morgan fingerprint density at radius 3 is 2.74 bits per heavy atom. The van der Waals surface area contributed by atoms with Crippen molar-refractivity contribution in [3.05, 3.63) is 35.4 Å². The fraction of sp³-hybridized carbons (Fsp3) is 0.647. The molecule has 1 unspecified atom stereocenters. The zero-order chi connectivity index (χ0) is 13.7. The summed E-state index contributed by atoms with van der Waals surface area (Å²) in [5.41, 5.74) is 2.75. The maximum atomic E-state index is 3.67. The molecule has 0 amide bonds. The molecule has 0 spiro atoms. The van der Waals surface area contributed by atoms with Crippen LogP contribution in [0.4, 0.5) is 0 Å². The molecule has 1 aromatic carbocycles. The van der Waals surface area contributed by atoms with Crippen LogP contribution >= 0.6 is 0 Å². The van der Waals surface area contributed by atoms with Crippen molar-refractivity contribution >= 4 is 0 Å². The van der Waals surface area contributed by atoms with E-state index in [2.05, 4.69) is 55.4 Å². The first-order valence-electron chi connectivity index (χ1n) is 7.63. The Morgan fingerprint density at radius 1 is 1.32 bits per heavy atom. The minimum absolute atomic E-state index is 0.464. The summed E-state index contributed by atoms with van der Waals surface area (Å²) >= 11 is 0. The van der Waals surface area contributed by atoms with Crippen molar-refractivity contribution in [3.63, 3.8) is 0 Å². The van der Waals surface area contributed by atoms with E-state index >= 15 is 0 Å². The Kier molecular flexibility index (Phi) is 5.41. The van der Waals surface area contributed by atoms with Gasteiger partial charge in [-0.3, -0.25) is 0 Å². The lowest BCUT2D eigenvalue weighted by Crippen LogP contribution is -2.32. The van der Waals surface area contributed by atoms with Crippen molar-refractivity contribution in [2.45, 2.75) is 39.2 Å². The van der Waals surface area contributed by atoms with Crippen molar-refractivity contribution in [1.82, 2.24) is 10.2 Å². The highest BCUT2D eigenvalue weighted by molar-refractivity contribution is 5.24. The molecule has 1 atom stereocenters. The standard InChI is InChI=1S/C17H28N2/c1-14-5-4-6-17(13-14)15(2)18-10-7-16-8-11-19(3)12-9-16/h4-6,13,15-16,18H,7-12H2,1-3H3. The molecule has 0 bridgehead atoms. The van der Waals surface area contributed by atoms with Crippen molar-refractivity contribution in [1.29, 1.82) is 0 Å². The average molecular weight is 260 g/mol. The van der Waals surface area contributed by atoms with E-state index in [9.17, 15) is 0 Å². The Bertz CT molecular complexity index is 381. The van der Waals surface area contributed by atoms with Gasteiger partial charge in [-0.05, 0) is 71.3 Å². The summed E-state index contributed by atoms with van der Waals surface area (Å²) in [5, 5.41) is 3.67. The lowest BCUT2D eigenvalue weighted by atomic mass is 9.93. The maximum absolute atomic E-state index is 3.67. The molecule has 1 fully saturated rings. The molecule has 106 valence electrons. The summed E-state index contributed by atoms with van der Waals surface area (Å²) in [5.74, 6) is 0.924. The second-order valence-electron chi connectivity index (χ2n) is 6.13. The van der Waals surface area contributed by atoms with Gasteiger partial charge in [0.25, 0.3) is 0 Å². The van der Waals surface area contributed by atoms with Gasteiger partial charge in [0.15, 0.2) is 0 Å². The predicted octanol–water partition coefficient (Wildman–Crippen LogP) is 3.38. The number of benzene rings is 1. The zero-order valence-corrected chi connectivity index (χ0v) is 12.7. The van der Waals surface area contributed by atoms with Gasteiger partial charge in [0.05, 0.1) is 0 Å². The Morgan fingerprint density at radius 2 is 2.05 bits per heavy atom. The van der Waals surface area contributed by atoms with Gasteiger partial charge in [-0.2, -0.15) is 0 Å². The fourth-order valence-corrected chi connectivity index (χ4v) is 2.91. The number of nitrogens with one attached hydrogen (secondary N) is 1. The minimum Gasteiger partial charge on any atom is -0.310 e. The molecule has 0 radical (unpaired) electrons. The lowest BCUT2D eigenvalue weighted by molar-refractivity contribution is 0.211. The number of likely N-dealkylation sites (tertiary alicyclic amines) is 1. The molecule has 1 heterocycles. The van der Waals surface area contributed by atoms with Crippen LogP contribution in [-0.2, 0) is 0 Å². The van der Waals surface area contributed by atoms with Crippen molar-refractivity contribution < 1.29 is 0 Å². The SMILES string of the molecule is Cc1cccc(C(C)NCCC2CCN(C)CC2)c1. The zero-order valence-electron chi connectivity index (χ0n) is 12.7. The first kappa shape index (κ1) is 14.5. The van der Waals surface area contributed by atoms with E-state index in [0.29, 0.717) is 6.04 Å². The molecule has 1 aliphatic heterocycles. The predicted molar refractivity (Wildman–Crippen MR) is 82.4 cm³/mol. The van der Waals surface area contributed by atoms with Gasteiger partial charge in [-0.15, -0.1) is 0 Å². The lowest BCUT2D eigenvalue weighted by Gasteiger charge is -2.29. The molecular formula is C17H28N2. The number of aryl methyl sites for hydroxylation is 1. The van der Waals surface area contributed by atoms with E-state index in [1.807, 2.05) is 0 Å².